The van der Waals surface area contributed by atoms with Crippen molar-refractivity contribution >= 4 is 10.1 Å². The predicted octanol–water partition coefficient (Wildman–Crippen LogP) is -2.60. The van der Waals surface area contributed by atoms with Crippen LogP contribution in [0.5, 0.6) is 0 Å². The van der Waals surface area contributed by atoms with Gasteiger partial charge in [0.2, 0.25) is 0 Å². The number of hydrogen-bond acceptors (Lipinski definition) is 2. The molecule has 10 heavy (non-hydrogen) atoms. The molecule has 0 atom stereocenters. The van der Waals surface area contributed by atoms with E-state index in [0.717, 1.165) is 0 Å². The molecule has 0 saturated carbocycles. The molecule has 0 aliphatic heterocycles. The molecular weight excluding hydrogens is 163 g/mol. The summed E-state index contributed by atoms with van der Waals surface area (Å²) in [6.07, 6.45) is 5.55. The maximum absolute atomic E-state index is 9.99. The Morgan fingerprint density at radius 2 is 2.10 bits per heavy atom. The van der Waals surface area contributed by atoms with Crippen LogP contribution in [-0.4, -0.2) is 18.7 Å². The van der Waals surface area contributed by atoms with Crippen LogP contribution >= 0.6 is 0 Å². The van der Waals surface area contributed by atoms with Crippen molar-refractivity contribution in [3.8, 4) is 12.3 Å². The minimum atomic E-state index is -3.79. The molecule has 0 saturated heterocycles. The van der Waals surface area contributed by atoms with Crippen LogP contribution in [0, 0.1) is 12.3 Å². The Bertz CT molecular complexity index is 206. The molecule has 0 aromatic carbocycles. The molecule has 0 fully saturated rings. The van der Waals surface area contributed by atoms with Crippen molar-refractivity contribution in [2.24, 2.45) is 0 Å². The number of terminal acetylenes is 1. The Balaban J connectivity index is -0.000000320. The monoisotopic (exact) mass is 172 g/mol. The van der Waals surface area contributed by atoms with E-state index >= 15 is 0 Å². The molecule has 0 spiro atoms. The van der Waals surface area contributed by atoms with Crippen LogP contribution in [0.1, 0.15) is 14.3 Å². The van der Waals surface area contributed by atoms with Gasteiger partial charge in [-0.25, -0.2) is 0 Å². The summed E-state index contributed by atoms with van der Waals surface area (Å²) in [5.74, 6) is 2.03. The first-order valence-electron chi connectivity index (χ1n) is 2.45. The van der Waals surface area contributed by atoms with Crippen LogP contribution < -0.4 is 29.6 Å². The van der Waals surface area contributed by atoms with E-state index < -0.39 is 10.1 Å². The van der Waals surface area contributed by atoms with Gasteiger partial charge in [-0.1, -0.05) is 0 Å². The predicted molar refractivity (Wildman–Crippen MR) is 35.6 cm³/mol. The second-order valence-electron chi connectivity index (χ2n) is 1.59. The van der Waals surface area contributed by atoms with Crippen molar-refractivity contribution in [1.82, 2.24) is 0 Å². The van der Waals surface area contributed by atoms with Gasteiger partial charge in [0.15, 0.2) is 0 Å². The van der Waals surface area contributed by atoms with E-state index in [4.69, 9.17) is 11.0 Å². The number of unbranched alkanes of at least 4 members (excludes halogenated alkanes) is 1. The second kappa shape index (κ2) is 6.20. The van der Waals surface area contributed by atoms with Crippen molar-refractivity contribution in [1.29, 1.82) is 0 Å². The van der Waals surface area contributed by atoms with E-state index in [2.05, 4.69) is 5.92 Å². The minimum Gasteiger partial charge on any atom is -1.00 e. The van der Waals surface area contributed by atoms with Gasteiger partial charge in [-0.05, 0) is 6.42 Å². The fourth-order valence-corrected chi connectivity index (χ4v) is 0.866. The van der Waals surface area contributed by atoms with Crippen molar-refractivity contribution in [3.63, 3.8) is 0 Å². The molecule has 0 amide bonds. The van der Waals surface area contributed by atoms with Gasteiger partial charge in [0.1, 0.15) is 0 Å². The molecule has 0 aliphatic rings. The molecule has 0 aliphatic carbocycles. The van der Waals surface area contributed by atoms with Crippen LogP contribution in [0.25, 0.3) is 0 Å². The summed E-state index contributed by atoms with van der Waals surface area (Å²) >= 11 is 0. The van der Waals surface area contributed by atoms with E-state index in [9.17, 15) is 8.42 Å². The summed E-state index contributed by atoms with van der Waals surface area (Å²) in [5, 5.41) is 0. The molecule has 0 bridgehead atoms. The van der Waals surface area contributed by atoms with Crippen LogP contribution in [0.15, 0.2) is 0 Å². The minimum absolute atomic E-state index is 0. The third-order valence-corrected chi connectivity index (χ3v) is 1.53. The van der Waals surface area contributed by atoms with E-state index in [1.54, 1.807) is 0 Å². The zero-order valence-corrected chi connectivity index (χ0v) is 8.69. The third-order valence-electron chi connectivity index (χ3n) is 0.723. The molecule has 5 heteroatoms. The fraction of sp³-hybridized carbons (Fsp3) is 0.600. The maximum atomic E-state index is 9.99. The normalized spacial score (nSPS) is 9.60. The van der Waals surface area contributed by atoms with E-state index in [1.807, 2.05) is 0 Å². The van der Waals surface area contributed by atoms with Gasteiger partial charge in [-0.2, -0.15) is 8.42 Å². The SMILES string of the molecule is C#CCCCS(=O)(=O)O.[H-].[Na+]. The van der Waals surface area contributed by atoms with Crippen LogP contribution in [-0.2, 0) is 10.1 Å². The summed E-state index contributed by atoms with van der Waals surface area (Å²) in [4.78, 5) is 0. The standard InChI is InChI=1S/C5H8O3S.Na.H/c1-2-3-4-5-9(6,7)8;;/h1H,3-5H2,(H,6,7,8);;/q;+1;-1. The molecule has 3 nitrogen and oxygen atoms in total. The Hall–Kier alpha value is 0.470. The molecule has 54 valence electrons. The summed E-state index contributed by atoms with van der Waals surface area (Å²) in [6.45, 7) is 0. The van der Waals surface area contributed by atoms with Gasteiger partial charge in [-0.3, -0.25) is 4.55 Å². The quantitative estimate of drug-likeness (QED) is 0.220. The topological polar surface area (TPSA) is 54.4 Å². The first kappa shape index (κ1) is 13.1. The van der Waals surface area contributed by atoms with Gasteiger partial charge < -0.3 is 1.43 Å². The Morgan fingerprint density at radius 3 is 2.40 bits per heavy atom. The van der Waals surface area contributed by atoms with Gasteiger partial charge in [0.05, 0.1) is 5.75 Å². The molecule has 0 heterocycles. The van der Waals surface area contributed by atoms with Crippen LogP contribution in [0.2, 0.25) is 0 Å². The molecule has 0 aromatic rings. The van der Waals surface area contributed by atoms with E-state index in [-0.39, 0.29) is 36.7 Å². The molecular formula is C5H9NaO3S. The van der Waals surface area contributed by atoms with Gasteiger partial charge in [0.25, 0.3) is 10.1 Å². The Kier molecular flexibility index (Phi) is 8.11. The van der Waals surface area contributed by atoms with E-state index in [1.165, 1.54) is 0 Å². The van der Waals surface area contributed by atoms with Crippen LogP contribution in [0.4, 0.5) is 0 Å². The maximum Gasteiger partial charge on any atom is 1.00 e. The zero-order valence-electron chi connectivity index (χ0n) is 6.87. The van der Waals surface area contributed by atoms with Gasteiger partial charge in [-0.15, -0.1) is 12.3 Å². The molecule has 0 unspecified atom stereocenters. The Morgan fingerprint density at radius 1 is 1.60 bits per heavy atom. The first-order chi connectivity index (χ1) is 4.06. The smallest absolute Gasteiger partial charge is 1.00 e. The Labute approximate surface area is 84.7 Å². The summed E-state index contributed by atoms with van der Waals surface area (Å²) < 4.78 is 28.1. The molecule has 0 radical (unpaired) electrons. The largest absolute Gasteiger partial charge is 1.00 e. The summed E-state index contributed by atoms with van der Waals surface area (Å²) in [6, 6.07) is 0. The van der Waals surface area contributed by atoms with Crippen molar-refractivity contribution in [2.45, 2.75) is 12.8 Å². The van der Waals surface area contributed by atoms with E-state index in [0.29, 0.717) is 12.8 Å². The average Bonchev–Trinajstić information content (AvgIpc) is 1.63. The summed E-state index contributed by atoms with van der Waals surface area (Å²) in [5.41, 5.74) is 0. The van der Waals surface area contributed by atoms with Crippen molar-refractivity contribution in [2.75, 3.05) is 5.75 Å². The zero-order chi connectivity index (χ0) is 7.33. The molecule has 0 rings (SSSR count). The third kappa shape index (κ3) is 11.3. The van der Waals surface area contributed by atoms with Gasteiger partial charge in [0, 0.05) is 6.42 Å². The van der Waals surface area contributed by atoms with Crippen molar-refractivity contribution < 1.29 is 44.0 Å². The fourth-order valence-electron chi connectivity index (χ4n) is 0.357. The molecule has 0 aromatic heterocycles. The second-order valence-corrected chi connectivity index (χ2v) is 3.17. The molecule has 1 N–H and O–H groups in total. The summed E-state index contributed by atoms with van der Waals surface area (Å²) in [7, 11) is -3.79. The number of rotatable bonds is 3. The number of hydrogen-bond donors (Lipinski definition) is 1. The average molecular weight is 172 g/mol. The first-order valence-corrected chi connectivity index (χ1v) is 4.06. The van der Waals surface area contributed by atoms with Gasteiger partial charge >= 0.3 is 29.6 Å². The van der Waals surface area contributed by atoms with Crippen LogP contribution in [0.3, 0.4) is 0 Å². The van der Waals surface area contributed by atoms with Crippen molar-refractivity contribution in [3.05, 3.63) is 0 Å².